The van der Waals surface area contributed by atoms with Crippen molar-refractivity contribution in [1.29, 1.82) is 0 Å². The van der Waals surface area contributed by atoms with Gasteiger partial charge < -0.3 is 15.0 Å². The van der Waals surface area contributed by atoms with E-state index in [1.165, 1.54) is 38.8 Å². The minimum absolute atomic E-state index is 0.0183. The second-order valence-corrected chi connectivity index (χ2v) is 8.47. The van der Waals surface area contributed by atoms with Crippen LogP contribution in [0.15, 0.2) is 24.7 Å². The second kappa shape index (κ2) is 8.85. The number of ether oxygens (including phenoxy) is 1. The van der Waals surface area contributed by atoms with Gasteiger partial charge in [0.2, 0.25) is 0 Å². The molecule has 2 aliphatic rings. The summed E-state index contributed by atoms with van der Waals surface area (Å²) in [5, 5.41) is 10.6. The Balaban J connectivity index is 1.41. The molecule has 5 rings (SSSR count). The molecule has 1 N–H and O–H groups in total. The lowest BCUT2D eigenvalue weighted by molar-refractivity contribution is -0.240. The Bertz CT molecular complexity index is 1190. The number of fused-ring (bicyclic) bond motifs is 1. The van der Waals surface area contributed by atoms with E-state index in [0.29, 0.717) is 0 Å². The number of carbonyl (C=O) groups is 1. The average molecular weight is 481 g/mol. The predicted molar refractivity (Wildman–Crippen MR) is 113 cm³/mol. The van der Waals surface area contributed by atoms with Gasteiger partial charge in [-0.15, -0.1) is 0 Å². The van der Waals surface area contributed by atoms with Gasteiger partial charge in [0.05, 0.1) is 24.5 Å². The fourth-order valence-corrected chi connectivity index (χ4v) is 4.43. The van der Waals surface area contributed by atoms with Gasteiger partial charge in [-0.05, 0) is 18.9 Å². The van der Waals surface area contributed by atoms with Gasteiger partial charge in [0.1, 0.15) is 17.9 Å². The van der Waals surface area contributed by atoms with Crippen molar-refractivity contribution in [3.8, 4) is 0 Å². The van der Waals surface area contributed by atoms with Gasteiger partial charge in [-0.2, -0.15) is 19.0 Å². The number of halogens is 4. The van der Waals surface area contributed by atoms with Crippen LogP contribution in [0.25, 0.3) is 5.65 Å². The molecule has 0 radical (unpaired) electrons. The van der Waals surface area contributed by atoms with E-state index in [9.17, 15) is 22.4 Å². The molecular weight excluding hydrogens is 458 g/mol. The van der Waals surface area contributed by atoms with E-state index in [-0.39, 0.29) is 41.9 Å². The molecule has 1 saturated carbocycles. The molecule has 0 bridgehead atoms. The van der Waals surface area contributed by atoms with Crippen molar-refractivity contribution < 1.29 is 27.1 Å². The molecule has 1 aliphatic heterocycles. The predicted octanol–water partition coefficient (Wildman–Crippen LogP) is 4.05. The van der Waals surface area contributed by atoms with Crippen LogP contribution in [0.4, 0.5) is 29.1 Å². The highest BCUT2D eigenvalue weighted by molar-refractivity contribution is 6.08. The Morgan fingerprint density at radius 3 is 2.76 bits per heavy atom. The van der Waals surface area contributed by atoms with Gasteiger partial charge in [0.15, 0.2) is 11.3 Å². The largest absolute Gasteiger partial charge is 0.373 e. The van der Waals surface area contributed by atoms with E-state index < -0.39 is 30.7 Å². The van der Waals surface area contributed by atoms with Crippen molar-refractivity contribution in [2.24, 2.45) is 0 Å². The molecule has 34 heavy (non-hydrogen) atoms. The molecule has 0 atom stereocenters. The van der Waals surface area contributed by atoms with E-state index in [1.54, 1.807) is 0 Å². The molecule has 182 valence electrons. The lowest BCUT2D eigenvalue weighted by atomic mass is 9.96. The second-order valence-electron chi connectivity index (χ2n) is 8.47. The first kappa shape index (κ1) is 22.6. The molecule has 4 heterocycles. The molecule has 1 amide bonds. The van der Waals surface area contributed by atoms with Crippen molar-refractivity contribution in [3.63, 3.8) is 0 Å². The Labute approximate surface area is 191 Å². The molecule has 3 aromatic heterocycles. The van der Waals surface area contributed by atoms with E-state index >= 15 is 0 Å². The van der Waals surface area contributed by atoms with E-state index in [4.69, 9.17) is 0 Å². The standard InChI is InChI=1S/C21H23F4N7O2/c22-18(23)17-15(11-32(29-17)13-4-2-1-3-5-13)27-20(33)14-10-26-31-7-6-16(28-19(14)31)30-8-9-34-21(24,25)12-30/h6-7,10-11,13,18H,1-5,8-9,12H2,(H,27,33). The molecule has 1 aliphatic carbocycles. The van der Waals surface area contributed by atoms with Crippen LogP contribution in [0.2, 0.25) is 0 Å². The maximum atomic E-state index is 13.6. The molecule has 0 unspecified atom stereocenters. The Morgan fingerprint density at radius 2 is 2.03 bits per heavy atom. The van der Waals surface area contributed by atoms with Crippen LogP contribution in [-0.2, 0) is 4.74 Å². The highest BCUT2D eigenvalue weighted by Gasteiger charge is 2.37. The number of hydrogen-bond donors (Lipinski definition) is 1. The van der Waals surface area contributed by atoms with Crippen LogP contribution in [0.3, 0.4) is 0 Å². The first-order valence-electron chi connectivity index (χ1n) is 11.1. The Hall–Kier alpha value is -3.22. The van der Waals surface area contributed by atoms with Crippen molar-refractivity contribution in [3.05, 3.63) is 35.9 Å². The lowest BCUT2D eigenvalue weighted by Crippen LogP contribution is -2.47. The number of alkyl halides is 4. The summed E-state index contributed by atoms with van der Waals surface area (Å²) in [6, 6.07) is 1.52. The number of rotatable bonds is 5. The quantitative estimate of drug-likeness (QED) is 0.553. The zero-order chi connectivity index (χ0) is 23.9. The van der Waals surface area contributed by atoms with Crippen LogP contribution >= 0.6 is 0 Å². The first-order valence-corrected chi connectivity index (χ1v) is 11.1. The number of amides is 1. The summed E-state index contributed by atoms with van der Waals surface area (Å²) in [5.41, 5.74) is -0.441. The summed E-state index contributed by atoms with van der Waals surface area (Å²) in [6.45, 7) is -0.648. The Kier molecular flexibility index (Phi) is 5.88. The van der Waals surface area contributed by atoms with E-state index in [0.717, 1.165) is 32.1 Å². The zero-order valence-corrected chi connectivity index (χ0v) is 18.1. The molecule has 0 spiro atoms. The zero-order valence-electron chi connectivity index (χ0n) is 18.1. The van der Waals surface area contributed by atoms with Gasteiger partial charge in [-0.1, -0.05) is 19.3 Å². The smallest absolute Gasteiger partial charge is 0.345 e. The molecule has 9 nitrogen and oxygen atoms in total. The molecular formula is C21H23F4N7O2. The van der Waals surface area contributed by atoms with Crippen molar-refractivity contribution in [1.82, 2.24) is 24.4 Å². The van der Waals surface area contributed by atoms with E-state index in [2.05, 4.69) is 25.2 Å². The minimum Gasteiger partial charge on any atom is -0.345 e. The molecule has 13 heteroatoms. The monoisotopic (exact) mass is 481 g/mol. The summed E-state index contributed by atoms with van der Waals surface area (Å²) >= 11 is 0. The first-order chi connectivity index (χ1) is 16.3. The number of carbonyl (C=O) groups excluding carboxylic acids is 1. The summed E-state index contributed by atoms with van der Waals surface area (Å²) in [6.07, 6.45) is 2.82. The van der Waals surface area contributed by atoms with Gasteiger partial charge in [-0.3, -0.25) is 9.48 Å². The van der Waals surface area contributed by atoms with Crippen molar-refractivity contribution in [2.75, 3.05) is 29.9 Å². The lowest BCUT2D eigenvalue weighted by Gasteiger charge is -2.32. The third-order valence-corrected chi connectivity index (χ3v) is 6.14. The fraction of sp³-hybridized carbons (Fsp3) is 0.524. The number of hydrogen-bond acceptors (Lipinski definition) is 6. The fourth-order valence-electron chi connectivity index (χ4n) is 4.43. The van der Waals surface area contributed by atoms with Crippen LogP contribution in [0, 0.1) is 0 Å². The number of morpholine rings is 1. The van der Waals surface area contributed by atoms with Crippen LogP contribution in [0.1, 0.15) is 60.6 Å². The molecule has 2 fully saturated rings. The van der Waals surface area contributed by atoms with Gasteiger partial charge >= 0.3 is 6.11 Å². The minimum atomic E-state index is -3.31. The number of nitrogens with one attached hydrogen (secondary N) is 1. The number of nitrogens with zero attached hydrogens (tertiary/aromatic N) is 6. The SMILES string of the molecule is O=C(Nc1cn(C2CCCCC2)nc1C(F)F)c1cnn2ccc(N3CCOC(F)(F)C3)nc12. The third kappa shape index (κ3) is 4.43. The van der Waals surface area contributed by atoms with Crippen molar-refractivity contribution >= 4 is 23.1 Å². The molecule has 0 aromatic carbocycles. The molecule has 1 saturated heterocycles. The summed E-state index contributed by atoms with van der Waals surface area (Å²) in [7, 11) is 0. The van der Waals surface area contributed by atoms with Gasteiger partial charge in [0.25, 0.3) is 12.3 Å². The summed E-state index contributed by atoms with van der Waals surface area (Å²) in [5.74, 6) is -0.472. The average Bonchev–Trinajstić information content (AvgIpc) is 3.43. The number of anilines is 2. The van der Waals surface area contributed by atoms with Crippen LogP contribution in [0.5, 0.6) is 0 Å². The summed E-state index contributed by atoms with van der Waals surface area (Å²) in [4.78, 5) is 18.7. The third-order valence-electron chi connectivity index (χ3n) is 6.14. The maximum Gasteiger partial charge on any atom is 0.373 e. The highest BCUT2D eigenvalue weighted by atomic mass is 19.3. The van der Waals surface area contributed by atoms with Gasteiger partial charge in [-0.25, -0.2) is 18.3 Å². The molecule has 3 aromatic rings. The highest BCUT2D eigenvalue weighted by Crippen LogP contribution is 2.33. The van der Waals surface area contributed by atoms with Crippen LogP contribution < -0.4 is 10.2 Å². The maximum absolute atomic E-state index is 13.6. The van der Waals surface area contributed by atoms with Crippen LogP contribution in [-0.4, -0.2) is 56.1 Å². The van der Waals surface area contributed by atoms with E-state index in [1.807, 2.05) is 0 Å². The summed E-state index contributed by atoms with van der Waals surface area (Å²) < 4.78 is 61.8. The normalized spacial score (nSPS) is 19.1. The Morgan fingerprint density at radius 1 is 1.24 bits per heavy atom. The van der Waals surface area contributed by atoms with Gasteiger partial charge in [0, 0.05) is 18.9 Å². The topological polar surface area (TPSA) is 89.6 Å². The number of aromatic nitrogens is 5. The van der Waals surface area contributed by atoms with Crippen molar-refractivity contribution in [2.45, 2.75) is 50.7 Å².